The number of nitrogens with one attached hydrogen (secondary N) is 1. The Morgan fingerprint density at radius 2 is 2.12 bits per heavy atom. The molecule has 91 valence electrons. The minimum absolute atomic E-state index is 0.0931. The molecular formula is C11H19N2O2Se. The predicted octanol–water partition coefficient (Wildman–Crippen LogP) is 0.996. The van der Waals surface area contributed by atoms with Gasteiger partial charge >= 0.3 is 105 Å². The monoisotopic (exact) mass is 291 g/mol. The topological polar surface area (TPSA) is 50.7 Å². The third-order valence-electron chi connectivity index (χ3n) is 2.59. The summed E-state index contributed by atoms with van der Waals surface area (Å²) in [7, 11) is 0. The molecule has 1 aliphatic carbocycles. The Bertz CT molecular complexity index is 250. The molecule has 1 aliphatic rings. The fourth-order valence-corrected chi connectivity index (χ4v) is 2.30. The van der Waals surface area contributed by atoms with Crippen molar-refractivity contribution in [1.82, 2.24) is 5.32 Å². The molecule has 0 saturated heterocycles. The van der Waals surface area contributed by atoms with Crippen LogP contribution in [-0.4, -0.2) is 45.9 Å². The van der Waals surface area contributed by atoms with Crippen molar-refractivity contribution >= 4 is 26.7 Å². The summed E-state index contributed by atoms with van der Waals surface area (Å²) in [4.78, 5) is 15.2. The Hall–Kier alpha value is -0.541. The predicted molar refractivity (Wildman–Crippen MR) is 64.7 cm³/mol. The fraction of sp³-hybridized carbons (Fsp3) is 0.818. The number of hydrogen-bond acceptors (Lipinski definition) is 3. The van der Waals surface area contributed by atoms with Gasteiger partial charge in [-0.15, -0.1) is 0 Å². The van der Waals surface area contributed by atoms with Gasteiger partial charge in [-0.3, -0.25) is 0 Å². The number of aliphatic imine (C=N–C) groups is 1. The second-order valence-corrected chi connectivity index (χ2v) is 4.72. The number of nitrogens with zero attached hydrogens (tertiary/aromatic N) is 1. The van der Waals surface area contributed by atoms with Gasteiger partial charge in [0.25, 0.3) is 0 Å². The first-order valence-electron chi connectivity index (χ1n) is 5.86. The van der Waals surface area contributed by atoms with Crippen molar-refractivity contribution in [1.29, 1.82) is 0 Å². The van der Waals surface area contributed by atoms with Crippen molar-refractivity contribution in [3.8, 4) is 0 Å². The number of carbonyl (C=O) groups excluding carboxylic acids is 1. The van der Waals surface area contributed by atoms with Crippen LogP contribution in [0.1, 0.15) is 39.0 Å². The van der Waals surface area contributed by atoms with Crippen molar-refractivity contribution in [2.45, 2.75) is 45.1 Å². The molecule has 0 amide bonds. The van der Waals surface area contributed by atoms with Gasteiger partial charge in [0, 0.05) is 0 Å². The Kier molecular flexibility index (Phi) is 6.50. The molecule has 0 aromatic rings. The Morgan fingerprint density at radius 1 is 1.44 bits per heavy atom. The van der Waals surface area contributed by atoms with Crippen LogP contribution in [0.5, 0.6) is 0 Å². The van der Waals surface area contributed by atoms with Crippen molar-refractivity contribution in [2.75, 3.05) is 13.2 Å². The molecule has 1 fully saturated rings. The number of esters is 1. The molecule has 5 heteroatoms. The summed E-state index contributed by atoms with van der Waals surface area (Å²) >= 11 is 2.85. The van der Waals surface area contributed by atoms with E-state index in [1.807, 2.05) is 0 Å². The van der Waals surface area contributed by atoms with Crippen molar-refractivity contribution in [3.63, 3.8) is 0 Å². The molecule has 16 heavy (non-hydrogen) atoms. The molecule has 0 unspecified atom stereocenters. The van der Waals surface area contributed by atoms with Crippen LogP contribution in [-0.2, 0) is 9.53 Å². The Labute approximate surface area is 105 Å². The summed E-state index contributed by atoms with van der Waals surface area (Å²) in [5.41, 5.74) is 0. The van der Waals surface area contributed by atoms with Crippen LogP contribution in [0.3, 0.4) is 0 Å². The van der Waals surface area contributed by atoms with Crippen LogP contribution in [0.2, 0.25) is 0 Å². The van der Waals surface area contributed by atoms with Gasteiger partial charge in [-0.1, -0.05) is 0 Å². The molecule has 0 aromatic heterocycles. The first-order chi connectivity index (χ1) is 7.72. The molecule has 0 spiro atoms. The standard InChI is InChI=1S/C11H19N2O2Se/c1-2-15-10(14)8-12-11(16)13-9-6-4-3-5-7-9/h9H,2-8H2,1H3,(H,12,13). The van der Waals surface area contributed by atoms with Crippen molar-refractivity contribution in [2.24, 2.45) is 4.99 Å². The van der Waals surface area contributed by atoms with Gasteiger partial charge in [-0.2, -0.15) is 0 Å². The second-order valence-electron chi connectivity index (χ2n) is 3.91. The summed E-state index contributed by atoms with van der Waals surface area (Å²) in [6, 6.07) is 0.510. The quantitative estimate of drug-likeness (QED) is 0.364. The molecule has 1 N–H and O–H groups in total. The molecule has 0 bridgehead atoms. The van der Waals surface area contributed by atoms with Crippen molar-refractivity contribution < 1.29 is 9.53 Å². The van der Waals surface area contributed by atoms with E-state index in [1.165, 1.54) is 32.1 Å². The SMILES string of the molecule is CCOC(=O)CN=C([Se])NC1CCCCC1. The Morgan fingerprint density at radius 3 is 2.75 bits per heavy atom. The van der Waals surface area contributed by atoms with Gasteiger partial charge in [0.2, 0.25) is 0 Å². The number of hydrogen-bond donors (Lipinski definition) is 1. The van der Waals surface area contributed by atoms with Gasteiger partial charge < -0.3 is 0 Å². The molecule has 0 aliphatic heterocycles. The molecule has 4 nitrogen and oxygen atoms in total. The minimum atomic E-state index is -0.277. The number of ether oxygens (including phenoxy) is 1. The van der Waals surface area contributed by atoms with E-state index in [9.17, 15) is 4.79 Å². The van der Waals surface area contributed by atoms with E-state index < -0.39 is 0 Å². The van der Waals surface area contributed by atoms with Crippen LogP contribution in [0.15, 0.2) is 4.99 Å². The average molecular weight is 290 g/mol. The average Bonchev–Trinajstić information content (AvgIpc) is 2.28. The van der Waals surface area contributed by atoms with E-state index in [4.69, 9.17) is 4.74 Å². The third kappa shape index (κ3) is 5.52. The number of amidine groups is 1. The van der Waals surface area contributed by atoms with E-state index in [2.05, 4.69) is 26.3 Å². The summed E-state index contributed by atoms with van der Waals surface area (Å²) in [5.74, 6) is -0.277. The molecule has 1 saturated carbocycles. The first kappa shape index (κ1) is 13.5. The number of carbonyl (C=O) groups is 1. The summed E-state index contributed by atoms with van der Waals surface area (Å²) < 4.78 is 5.52. The van der Waals surface area contributed by atoms with Crippen LogP contribution in [0, 0.1) is 0 Å². The molecule has 0 aromatic carbocycles. The van der Waals surface area contributed by atoms with E-state index in [-0.39, 0.29) is 12.5 Å². The van der Waals surface area contributed by atoms with Crippen LogP contribution >= 0.6 is 0 Å². The van der Waals surface area contributed by atoms with E-state index >= 15 is 0 Å². The number of rotatable bonds is 4. The fourth-order valence-electron chi connectivity index (χ4n) is 1.81. The van der Waals surface area contributed by atoms with Crippen LogP contribution in [0.25, 0.3) is 0 Å². The molecule has 0 atom stereocenters. The molecule has 1 rings (SSSR count). The zero-order chi connectivity index (χ0) is 11.8. The van der Waals surface area contributed by atoms with Crippen molar-refractivity contribution in [3.05, 3.63) is 0 Å². The Balaban J connectivity index is 2.24. The van der Waals surface area contributed by atoms with E-state index in [1.54, 1.807) is 6.92 Å². The zero-order valence-electron chi connectivity index (χ0n) is 9.70. The normalized spacial score (nSPS) is 18.2. The molecule has 1 radical (unpaired) electrons. The van der Waals surface area contributed by atoms with E-state index in [0.717, 1.165) is 4.73 Å². The first-order valence-corrected chi connectivity index (χ1v) is 6.71. The van der Waals surface area contributed by atoms with Crippen LogP contribution in [0.4, 0.5) is 0 Å². The summed E-state index contributed by atoms with van der Waals surface area (Å²) in [6.07, 6.45) is 6.28. The molecular weight excluding hydrogens is 271 g/mol. The van der Waals surface area contributed by atoms with Gasteiger partial charge in [0.15, 0.2) is 0 Å². The summed E-state index contributed by atoms with van der Waals surface area (Å²) in [6.45, 7) is 2.30. The van der Waals surface area contributed by atoms with Gasteiger partial charge in [-0.25, -0.2) is 0 Å². The van der Waals surface area contributed by atoms with Gasteiger partial charge in [0.1, 0.15) is 0 Å². The third-order valence-corrected chi connectivity index (χ3v) is 3.11. The summed E-state index contributed by atoms with van der Waals surface area (Å²) in [5, 5.41) is 3.30. The second kappa shape index (κ2) is 7.69. The molecule has 0 heterocycles. The maximum atomic E-state index is 11.1. The zero-order valence-corrected chi connectivity index (χ0v) is 11.4. The van der Waals surface area contributed by atoms with E-state index in [0.29, 0.717) is 12.6 Å². The van der Waals surface area contributed by atoms with Gasteiger partial charge in [0.05, 0.1) is 0 Å². The van der Waals surface area contributed by atoms with Gasteiger partial charge in [-0.05, 0) is 0 Å². The maximum absolute atomic E-state index is 11.1. The van der Waals surface area contributed by atoms with Crippen LogP contribution < -0.4 is 5.32 Å².